The Balaban J connectivity index is 1.23. The fraction of sp³-hybridized carbons (Fsp3) is 0.457. The van der Waals surface area contributed by atoms with Gasteiger partial charge in [-0.15, -0.1) is 6.42 Å². The third-order valence-corrected chi connectivity index (χ3v) is 11.1. The average molecular weight is 643 g/mol. The molecule has 242 valence electrons. The van der Waals surface area contributed by atoms with Crippen molar-refractivity contribution in [2.45, 2.75) is 68.2 Å². The highest BCUT2D eigenvalue weighted by molar-refractivity contribution is 6.04. The fourth-order valence-electron chi connectivity index (χ4n) is 8.89. The molecule has 0 spiro atoms. The number of fused-ring (bicyclic) bond motifs is 7. The summed E-state index contributed by atoms with van der Waals surface area (Å²) in [5.74, 6) is 1.41. The van der Waals surface area contributed by atoms with Crippen molar-refractivity contribution in [2.75, 3.05) is 37.9 Å². The molecule has 2 N–H and O–H groups in total. The first kappa shape index (κ1) is 28.8. The van der Waals surface area contributed by atoms with E-state index in [1.807, 2.05) is 0 Å². The van der Waals surface area contributed by atoms with Crippen molar-refractivity contribution in [1.82, 2.24) is 25.2 Å². The summed E-state index contributed by atoms with van der Waals surface area (Å²) in [6.07, 6.45) is 11.1. The Bertz CT molecular complexity index is 2000. The van der Waals surface area contributed by atoms with Gasteiger partial charge in [0.15, 0.2) is 5.82 Å². The van der Waals surface area contributed by atoms with E-state index in [0.29, 0.717) is 23.1 Å². The van der Waals surface area contributed by atoms with Gasteiger partial charge in [0, 0.05) is 35.6 Å². The van der Waals surface area contributed by atoms with Gasteiger partial charge in [0.1, 0.15) is 53.9 Å². The molecule has 0 radical (unpaired) electrons. The highest BCUT2D eigenvalue weighted by Gasteiger charge is 2.50. The Labute approximate surface area is 269 Å². The molecule has 7 heterocycles. The zero-order valence-electron chi connectivity index (χ0n) is 25.6. The Morgan fingerprint density at radius 3 is 2.87 bits per heavy atom. The number of terminal acetylenes is 1. The number of hydrogen-bond donors (Lipinski definition) is 2. The summed E-state index contributed by atoms with van der Waals surface area (Å²) >= 11 is 0. The van der Waals surface area contributed by atoms with Crippen LogP contribution in [0.2, 0.25) is 0 Å². The third kappa shape index (κ3) is 4.29. The first-order valence-corrected chi connectivity index (χ1v) is 16.3. The summed E-state index contributed by atoms with van der Waals surface area (Å²) < 4.78 is 58.6. The van der Waals surface area contributed by atoms with Crippen molar-refractivity contribution < 1.29 is 27.8 Å². The second-order valence-corrected chi connectivity index (χ2v) is 13.5. The van der Waals surface area contributed by atoms with Gasteiger partial charge in [-0.25, -0.2) is 18.2 Å². The number of piperazine rings is 1. The monoisotopic (exact) mass is 642 g/mol. The molecule has 4 fully saturated rings. The van der Waals surface area contributed by atoms with Crippen molar-refractivity contribution in [3.8, 4) is 41.2 Å². The molecule has 47 heavy (non-hydrogen) atoms. The Hall–Kier alpha value is -4.34. The second-order valence-electron chi connectivity index (χ2n) is 13.5. The van der Waals surface area contributed by atoms with Crippen molar-refractivity contribution in [2.24, 2.45) is 0 Å². The number of aromatic nitrogens is 3. The predicted octanol–water partition coefficient (Wildman–Crippen LogP) is 4.86. The van der Waals surface area contributed by atoms with Crippen LogP contribution in [0, 0.1) is 24.0 Å². The zero-order valence-corrected chi connectivity index (χ0v) is 25.6. The molecule has 9 rings (SSSR count). The van der Waals surface area contributed by atoms with E-state index in [4.69, 9.17) is 20.9 Å². The molecule has 2 bridgehead atoms. The molecule has 12 heteroatoms. The molecule has 2 aromatic heterocycles. The number of anilines is 1. The van der Waals surface area contributed by atoms with E-state index in [-0.39, 0.29) is 88.3 Å². The number of phenolic OH excluding ortho intramolecular Hbond substituents is 1. The second kappa shape index (κ2) is 10.6. The average Bonchev–Trinajstić information content (AvgIpc) is 3.74. The number of aromatic hydroxyl groups is 1. The Morgan fingerprint density at radius 2 is 2.02 bits per heavy atom. The van der Waals surface area contributed by atoms with Gasteiger partial charge in [-0.2, -0.15) is 9.97 Å². The van der Waals surface area contributed by atoms with Crippen LogP contribution in [0.4, 0.5) is 19.0 Å². The van der Waals surface area contributed by atoms with E-state index in [0.717, 1.165) is 45.1 Å². The maximum atomic E-state index is 17.1. The van der Waals surface area contributed by atoms with Crippen LogP contribution >= 0.6 is 0 Å². The lowest BCUT2D eigenvalue weighted by molar-refractivity contribution is 0.0772. The van der Waals surface area contributed by atoms with Crippen molar-refractivity contribution in [3.63, 3.8) is 0 Å². The molecular weight excluding hydrogens is 609 g/mol. The van der Waals surface area contributed by atoms with Crippen LogP contribution in [-0.2, 0) is 0 Å². The number of rotatable bonds is 5. The molecule has 9 nitrogen and oxygen atoms in total. The number of pyridine rings is 1. The van der Waals surface area contributed by atoms with Gasteiger partial charge < -0.3 is 24.8 Å². The van der Waals surface area contributed by atoms with Crippen LogP contribution in [0.1, 0.15) is 44.1 Å². The largest absolute Gasteiger partial charge is 0.508 e. The molecule has 4 saturated heterocycles. The van der Waals surface area contributed by atoms with E-state index in [1.54, 1.807) is 0 Å². The molecule has 2 aromatic carbocycles. The maximum Gasteiger partial charge on any atom is 0.319 e. The molecule has 5 aliphatic heterocycles. The third-order valence-electron chi connectivity index (χ3n) is 11.1. The molecule has 0 aliphatic carbocycles. The lowest BCUT2D eigenvalue weighted by atomic mass is 9.95. The van der Waals surface area contributed by atoms with Gasteiger partial charge >= 0.3 is 6.01 Å². The molecule has 5 aliphatic rings. The minimum absolute atomic E-state index is 0.0158. The predicted molar refractivity (Wildman–Crippen MR) is 170 cm³/mol. The number of benzene rings is 2. The Kier molecular flexibility index (Phi) is 6.50. The number of nitrogens with zero attached hydrogens (tertiary/aromatic N) is 5. The topological polar surface area (TPSA) is 95.9 Å². The Morgan fingerprint density at radius 1 is 1.13 bits per heavy atom. The minimum Gasteiger partial charge on any atom is -0.508 e. The van der Waals surface area contributed by atoms with E-state index in [2.05, 4.69) is 31.0 Å². The van der Waals surface area contributed by atoms with Crippen LogP contribution in [0.25, 0.3) is 32.9 Å². The van der Waals surface area contributed by atoms with E-state index >= 15 is 4.39 Å². The fourth-order valence-corrected chi connectivity index (χ4v) is 8.89. The highest BCUT2D eigenvalue weighted by atomic mass is 19.1. The lowest BCUT2D eigenvalue weighted by Crippen LogP contribution is -2.60. The van der Waals surface area contributed by atoms with Crippen LogP contribution in [0.15, 0.2) is 24.3 Å². The summed E-state index contributed by atoms with van der Waals surface area (Å²) in [5, 5.41) is 15.3. The number of ether oxygens (including phenoxy) is 2. The number of nitrogens with one attached hydrogen (secondary N) is 1. The van der Waals surface area contributed by atoms with Gasteiger partial charge in [0.2, 0.25) is 5.88 Å². The summed E-state index contributed by atoms with van der Waals surface area (Å²) in [5.41, 5.74) is -0.513. The van der Waals surface area contributed by atoms with Gasteiger partial charge in [-0.1, -0.05) is 12.0 Å². The summed E-state index contributed by atoms with van der Waals surface area (Å²) in [7, 11) is 0. The van der Waals surface area contributed by atoms with Gasteiger partial charge in [-0.05, 0) is 68.7 Å². The first-order chi connectivity index (χ1) is 22.9. The quantitative estimate of drug-likeness (QED) is 0.296. The molecule has 5 atom stereocenters. The first-order valence-electron chi connectivity index (χ1n) is 16.3. The summed E-state index contributed by atoms with van der Waals surface area (Å²) in [6, 6.07) is 5.67. The van der Waals surface area contributed by atoms with Gasteiger partial charge in [-0.3, -0.25) is 4.90 Å². The SMILES string of the molecule is C#Cc1c(F)ccc2cc(O)cc(-c3nc4c5c(nc(OCC67CCCN6C(CF)CC7)nc5c3F)N3CC5CCC(N5)C3CO4)c12. The summed E-state index contributed by atoms with van der Waals surface area (Å²) in [4.78, 5) is 18.6. The zero-order chi connectivity index (χ0) is 32.0. The maximum absolute atomic E-state index is 17.1. The number of phenols is 1. The van der Waals surface area contributed by atoms with Gasteiger partial charge in [0.25, 0.3) is 0 Å². The minimum atomic E-state index is -0.796. The van der Waals surface area contributed by atoms with E-state index < -0.39 is 18.3 Å². The standard InChI is InChI=1S/C35H33F3N6O3/c1-2-22-24(37)6-4-18-12-21(45)13-23(27(18)22)30-29(38)31-28-32(43-15-19-5-7-25(39-19)26(43)16-46-33(28)40-30)42-34(41-31)47-17-35-9-3-11-44(35)20(14-36)8-10-35/h1,4,6,12-13,19-20,25-26,39,45H,3,5,7-11,14-17H2. The molecule has 4 aromatic rings. The van der Waals surface area contributed by atoms with Gasteiger partial charge in [0.05, 0.1) is 17.1 Å². The normalized spacial score (nSPS) is 27.8. The van der Waals surface area contributed by atoms with Crippen LogP contribution in [0.5, 0.6) is 17.6 Å². The van der Waals surface area contributed by atoms with Crippen molar-refractivity contribution in [3.05, 3.63) is 41.5 Å². The molecular formula is C35H33F3N6O3. The van der Waals surface area contributed by atoms with E-state index in [9.17, 15) is 13.9 Å². The summed E-state index contributed by atoms with van der Waals surface area (Å²) in [6.45, 7) is 1.60. The van der Waals surface area contributed by atoms with Crippen molar-refractivity contribution in [1.29, 1.82) is 0 Å². The van der Waals surface area contributed by atoms with Crippen molar-refractivity contribution >= 4 is 27.5 Å². The molecule has 0 amide bonds. The van der Waals surface area contributed by atoms with Crippen LogP contribution < -0.4 is 19.7 Å². The number of alkyl halides is 1. The van der Waals surface area contributed by atoms with Crippen LogP contribution in [0.3, 0.4) is 0 Å². The number of hydrogen-bond acceptors (Lipinski definition) is 9. The molecule has 0 saturated carbocycles. The number of halogens is 3. The lowest BCUT2D eigenvalue weighted by Gasteiger charge is -2.40. The van der Waals surface area contributed by atoms with E-state index in [1.165, 1.54) is 24.3 Å². The smallest absolute Gasteiger partial charge is 0.319 e. The molecule has 5 unspecified atom stereocenters. The van der Waals surface area contributed by atoms with Crippen LogP contribution in [-0.4, -0.2) is 87.6 Å². The highest BCUT2D eigenvalue weighted by Crippen LogP contribution is 2.46.